The van der Waals surface area contributed by atoms with Gasteiger partial charge in [0.2, 0.25) is 0 Å². The Balaban J connectivity index is 0.00000196. The summed E-state index contributed by atoms with van der Waals surface area (Å²) in [6, 6.07) is 2.70. The van der Waals surface area contributed by atoms with E-state index in [1.807, 2.05) is 0 Å². The molecule has 0 spiro atoms. The van der Waals surface area contributed by atoms with Crippen LogP contribution in [0.4, 0.5) is 5.69 Å². The smallest absolute Gasteiger partial charge is 0.282 e. The van der Waals surface area contributed by atoms with E-state index in [-0.39, 0.29) is 34.6 Å². The molecule has 1 rings (SSSR count). The van der Waals surface area contributed by atoms with Crippen LogP contribution in [-0.2, 0) is 10.1 Å². The maximum atomic E-state index is 10.6. The van der Waals surface area contributed by atoms with E-state index in [1.165, 1.54) is 0 Å². The Morgan fingerprint density at radius 2 is 1.93 bits per heavy atom. The molecule has 0 heterocycles. The molecule has 0 radical (unpaired) electrons. The summed E-state index contributed by atoms with van der Waals surface area (Å²) in [4.78, 5) is 8.95. The number of halogens is 1. The van der Waals surface area contributed by atoms with Crippen molar-refractivity contribution in [2.45, 2.75) is 4.90 Å². The second-order valence-electron chi connectivity index (χ2n) is 2.35. The fourth-order valence-electron chi connectivity index (χ4n) is 0.793. The fourth-order valence-corrected chi connectivity index (χ4v) is 1.48. The molecule has 0 atom stereocenters. The van der Waals surface area contributed by atoms with Crippen LogP contribution in [0.5, 0.6) is 0 Å². The summed E-state index contributed by atoms with van der Waals surface area (Å²) in [5.74, 6) is 0. The normalized spacial score (nSPS) is 10.5. The standard InChI is InChI=1S/C6H4ClNO5S.Na/c7-5-2-1-4(14(11,12)13)3-6(5)8(9)10;/h1-3H,(H,11,12,13);/q;+1. The molecule has 15 heavy (non-hydrogen) atoms. The number of nitro groups is 1. The van der Waals surface area contributed by atoms with E-state index < -0.39 is 25.6 Å². The third-order valence-corrected chi connectivity index (χ3v) is 2.58. The van der Waals surface area contributed by atoms with Crippen LogP contribution in [0.25, 0.3) is 0 Å². The average Bonchev–Trinajstić information content (AvgIpc) is 2.02. The number of rotatable bonds is 2. The summed E-state index contributed by atoms with van der Waals surface area (Å²) in [6.07, 6.45) is 0. The summed E-state index contributed by atoms with van der Waals surface area (Å²) in [5, 5.41) is 10.2. The van der Waals surface area contributed by atoms with Crippen molar-refractivity contribution in [3.8, 4) is 0 Å². The topological polar surface area (TPSA) is 97.5 Å². The van der Waals surface area contributed by atoms with Crippen molar-refractivity contribution in [3.63, 3.8) is 0 Å². The zero-order chi connectivity index (χ0) is 10.9. The van der Waals surface area contributed by atoms with E-state index >= 15 is 0 Å². The van der Waals surface area contributed by atoms with Crippen LogP contribution in [0.3, 0.4) is 0 Å². The second-order valence-corrected chi connectivity index (χ2v) is 4.17. The van der Waals surface area contributed by atoms with Crippen LogP contribution in [0.2, 0.25) is 5.02 Å². The van der Waals surface area contributed by atoms with Crippen LogP contribution in [0.15, 0.2) is 23.1 Å². The molecular formula is C6H4ClNNaO5S+. The summed E-state index contributed by atoms with van der Waals surface area (Å²) in [6.45, 7) is 0. The van der Waals surface area contributed by atoms with E-state index in [4.69, 9.17) is 16.2 Å². The largest absolute Gasteiger partial charge is 1.00 e. The van der Waals surface area contributed by atoms with Gasteiger partial charge in [-0.05, 0) is 12.1 Å². The zero-order valence-corrected chi connectivity index (χ0v) is 11.1. The maximum Gasteiger partial charge on any atom is 1.00 e. The van der Waals surface area contributed by atoms with Crippen LogP contribution in [0.1, 0.15) is 0 Å². The van der Waals surface area contributed by atoms with Crippen LogP contribution < -0.4 is 29.6 Å². The van der Waals surface area contributed by atoms with Crippen LogP contribution in [-0.4, -0.2) is 17.9 Å². The van der Waals surface area contributed by atoms with Gasteiger partial charge in [0.1, 0.15) is 9.92 Å². The first-order chi connectivity index (χ1) is 6.32. The Kier molecular flexibility index (Phi) is 5.18. The molecule has 0 fully saturated rings. The summed E-state index contributed by atoms with van der Waals surface area (Å²) < 4.78 is 29.8. The minimum atomic E-state index is -4.44. The minimum Gasteiger partial charge on any atom is -0.282 e. The summed E-state index contributed by atoms with van der Waals surface area (Å²) in [7, 11) is -4.44. The summed E-state index contributed by atoms with van der Waals surface area (Å²) in [5.41, 5.74) is -0.568. The van der Waals surface area contributed by atoms with Crippen molar-refractivity contribution in [2.75, 3.05) is 0 Å². The Morgan fingerprint density at radius 1 is 1.40 bits per heavy atom. The van der Waals surface area contributed by atoms with Gasteiger partial charge in [-0.15, -0.1) is 0 Å². The van der Waals surface area contributed by atoms with Crippen molar-refractivity contribution in [3.05, 3.63) is 33.3 Å². The van der Waals surface area contributed by atoms with Gasteiger partial charge in [0.05, 0.1) is 4.92 Å². The zero-order valence-electron chi connectivity index (χ0n) is 7.55. The molecule has 0 saturated heterocycles. The van der Waals surface area contributed by atoms with E-state index in [0.29, 0.717) is 6.07 Å². The van der Waals surface area contributed by atoms with Crippen molar-refractivity contribution in [1.82, 2.24) is 0 Å². The van der Waals surface area contributed by atoms with Crippen molar-refractivity contribution < 1.29 is 47.5 Å². The Morgan fingerprint density at radius 3 is 2.33 bits per heavy atom. The number of hydrogen-bond acceptors (Lipinski definition) is 4. The second kappa shape index (κ2) is 5.24. The number of nitrogens with zero attached hydrogens (tertiary/aromatic N) is 1. The van der Waals surface area contributed by atoms with Crippen LogP contribution in [0, 0.1) is 10.1 Å². The molecule has 0 aliphatic carbocycles. The predicted octanol–water partition coefficient (Wildman–Crippen LogP) is -1.50. The van der Waals surface area contributed by atoms with Crippen molar-refractivity contribution >= 4 is 27.4 Å². The first-order valence-electron chi connectivity index (χ1n) is 3.24. The molecule has 9 heteroatoms. The molecule has 0 unspecified atom stereocenters. The molecule has 1 aromatic rings. The van der Waals surface area contributed by atoms with Gasteiger partial charge in [0.15, 0.2) is 0 Å². The number of nitro benzene ring substituents is 1. The molecule has 0 aliphatic heterocycles. The van der Waals surface area contributed by atoms with Gasteiger partial charge in [-0.25, -0.2) is 0 Å². The fraction of sp³-hybridized carbons (Fsp3) is 0. The van der Waals surface area contributed by atoms with Gasteiger partial charge in [-0.3, -0.25) is 14.7 Å². The van der Waals surface area contributed by atoms with E-state index in [2.05, 4.69) is 0 Å². The third-order valence-electron chi connectivity index (χ3n) is 1.41. The van der Waals surface area contributed by atoms with Gasteiger partial charge >= 0.3 is 29.6 Å². The molecule has 76 valence electrons. The number of benzene rings is 1. The number of hydrogen-bond donors (Lipinski definition) is 1. The Hall–Kier alpha value is -0.180. The van der Waals surface area contributed by atoms with Gasteiger partial charge in [0, 0.05) is 6.07 Å². The first-order valence-corrected chi connectivity index (χ1v) is 5.05. The quantitative estimate of drug-likeness (QED) is 0.302. The van der Waals surface area contributed by atoms with Gasteiger partial charge in [-0.2, -0.15) is 8.42 Å². The first kappa shape index (κ1) is 14.8. The molecule has 0 aromatic heterocycles. The van der Waals surface area contributed by atoms with Gasteiger partial charge < -0.3 is 0 Å². The molecule has 0 amide bonds. The Labute approximate surface area is 112 Å². The third kappa shape index (κ3) is 3.71. The molecule has 0 aliphatic rings. The maximum absolute atomic E-state index is 10.6. The van der Waals surface area contributed by atoms with E-state index in [0.717, 1.165) is 12.1 Å². The molecule has 0 saturated carbocycles. The molecule has 1 aromatic carbocycles. The van der Waals surface area contributed by atoms with Crippen LogP contribution >= 0.6 is 11.6 Å². The van der Waals surface area contributed by atoms with Gasteiger partial charge in [-0.1, -0.05) is 11.6 Å². The monoisotopic (exact) mass is 260 g/mol. The van der Waals surface area contributed by atoms with E-state index in [9.17, 15) is 18.5 Å². The molecular weight excluding hydrogens is 257 g/mol. The van der Waals surface area contributed by atoms with E-state index in [1.54, 1.807) is 0 Å². The van der Waals surface area contributed by atoms with Gasteiger partial charge in [0.25, 0.3) is 15.8 Å². The molecule has 1 N–H and O–H groups in total. The molecule has 0 bridgehead atoms. The van der Waals surface area contributed by atoms with Crippen molar-refractivity contribution in [1.29, 1.82) is 0 Å². The predicted molar refractivity (Wildman–Crippen MR) is 47.9 cm³/mol. The van der Waals surface area contributed by atoms with Crippen molar-refractivity contribution in [2.24, 2.45) is 0 Å². The SMILES string of the molecule is O=[N+]([O-])c1cc(S(=O)(=O)O)ccc1Cl.[Na+]. The minimum absolute atomic E-state index is 0. The summed E-state index contributed by atoms with van der Waals surface area (Å²) >= 11 is 5.42. The Bertz CT molecular complexity index is 488. The molecule has 6 nitrogen and oxygen atoms in total. The average molecular weight is 261 g/mol.